The van der Waals surface area contributed by atoms with Crippen LogP contribution < -0.4 is 9.47 Å². The number of fused-ring (bicyclic) bond motifs is 3. The van der Waals surface area contributed by atoms with Gasteiger partial charge in [0, 0.05) is 24.4 Å². The molecule has 2 fully saturated rings. The predicted octanol–water partition coefficient (Wildman–Crippen LogP) is 2.29. The van der Waals surface area contributed by atoms with Crippen LogP contribution in [0.25, 0.3) is 0 Å². The van der Waals surface area contributed by atoms with E-state index in [-0.39, 0.29) is 23.2 Å². The quantitative estimate of drug-likeness (QED) is 0.826. The summed E-state index contributed by atoms with van der Waals surface area (Å²) < 4.78 is 10.8. The van der Waals surface area contributed by atoms with Crippen LogP contribution in [-0.2, 0) is 4.79 Å². The molecule has 1 aromatic rings. The van der Waals surface area contributed by atoms with E-state index in [9.17, 15) is 9.59 Å². The van der Waals surface area contributed by atoms with Crippen LogP contribution in [0.15, 0.2) is 12.1 Å². The standard InChI is InChI=1S/C18H22N2O4S/c1-23-13-7-6-11-14(15(13)24-2)17(22)20-12(10-25-18(11)20)16(21)19-8-4-3-5-9-19/h6-7,12,18H,3-5,8-10H2,1-2H3. The van der Waals surface area contributed by atoms with Crippen LogP contribution in [-0.4, -0.2) is 60.7 Å². The Labute approximate surface area is 151 Å². The molecule has 2 amide bonds. The van der Waals surface area contributed by atoms with E-state index in [1.807, 2.05) is 17.0 Å². The Morgan fingerprint density at radius 1 is 1.16 bits per heavy atom. The Morgan fingerprint density at radius 2 is 1.92 bits per heavy atom. The van der Waals surface area contributed by atoms with Crippen molar-refractivity contribution in [1.29, 1.82) is 0 Å². The smallest absolute Gasteiger partial charge is 0.260 e. The first-order valence-electron chi connectivity index (χ1n) is 8.65. The molecule has 25 heavy (non-hydrogen) atoms. The van der Waals surface area contributed by atoms with Crippen molar-refractivity contribution in [2.24, 2.45) is 0 Å². The molecule has 0 aliphatic carbocycles. The van der Waals surface area contributed by atoms with Crippen LogP contribution in [0.4, 0.5) is 0 Å². The Morgan fingerprint density at radius 3 is 2.60 bits per heavy atom. The number of methoxy groups -OCH3 is 2. The number of carbonyl (C=O) groups excluding carboxylic acids is 2. The zero-order valence-corrected chi connectivity index (χ0v) is 15.3. The van der Waals surface area contributed by atoms with Gasteiger partial charge in [-0.1, -0.05) is 6.07 Å². The third-order valence-corrected chi connectivity index (χ3v) is 6.55. The van der Waals surface area contributed by atoms with Crippen molar-refractivity contribution in [3.63, 3.8) is 0 Å². The van der Waals surface area contributed by atoms with E-state index in [2.05, 4.69) is 0 Å². The van der Waals surface area contributed by atoms with Crippen molar-refractivity contribution in [1.82, 2.24) is 9.80 Å². The number of likely N-dealkylation sites (tertiary alicyclic amines) is 1. The van der Waals surface area contributed by atoms with E-state index in [4.69, 9.17) is 9.47 Å². The number of hydrogen-bond acceptors (Lipinski definition) is 5. The van der Waals surface area contributed by atoms with Crippen molar-refractivity contribution in [3.05, 3.63) is 23.3 Å². The van der Waals surface area contributed by atoms with Gasteiger partial charge in [-0.25, -0.2) is 0 Å². The molecule has 1 aromatic carbocycles. The first kappa shape index (κ1) is 16.6. The molecule has 3 heterocycles. The Balaban J connectivity index is 1.66. The van der Waals surface area contributed by atoms with Gasteiger partial charge in [0.2, 0.25) is 5.91 Å². The fourth-order valence-electron chi connectivity index (χ4n) is 4.01. The van der Waals surface area contributed by atoms with Gasteiger partial charge in [0.05, 0.1) is 19.8 Å². The molecule has 3 aliphatic rings. The lowest BCUT2D eigenvalue weighted by molar-refractivity contribution is -0.136. The maximum atomic E-state index is 13.1. The predicted molar refractivity (Wildman–Crippen MR) is 95.1 cm³/mol. The van der Waals surface area contributed by atoms with Crippen molar-refractivity contribution in [3.8, 4) is 11.5 Å². The monoisotopic (exact) mass is 362 g/mol. The van der Waals surface area contributed by atoms with Gasteiger partial charge in [-0.2, -0.15) is 0 Å². The number of piperidine rings is 1. The molecule has 0 radical (unpaired) electrons. The third kappa shape index (κ3) is 2.47. The third-order valence-electron chi connectivity index (χ3n) is 5.25. The Kier molecular flexibility index (Phi) is 4.27. The number of benzene rings is 1. The molecule has 2 unspecified atom stereocenters. The summed E-state index contributed by atoms with van der Waals surface area (Å²) in [5.41, 5.74) is 1.46. The number of hydrogen-bond donors (Lipinski definition) is 0. The van der Waals surface area contributed by atoms with Crippen LogP contribution in [0.1, 0.15) is 40.6 Å². The van der Waals surface area contributed by atoms with E-state index in [0.717, 1.165) is 31.5 Å². The van der Waals surface area contributed by atoms with Gasteiger partial charge in [0.15, 0.2) is 11.5 Å². The summed E-state index contributed by atoms with van der Waals surface area (Å²) in [7, 11) is 3.10. The summed E-state index contributed by atoms with van der Waals surface area (Å²) in [6.45, 7) is 1.60. The van der Waals surface area contributed by atoms with Gasteiger partial charge >= 0.3 is 0 Å². The van der Waals surface area contributed by atoms with Crippen molar-refractivity contribution < 1.29 is 19.1 Å². The molecule has 134 valence electrons. The maximum Gasteiger partial charge on any atom is 0.260 e. The first-order chi connectivity index (χ1) is 12.2. The molecule has 2 atom stereocenters. The minimum Gasteiger partial charge on any atom is -0.493 e. The molecule has 0 bridgehead atoms. The number of nitrogens with zero attached hydrogens (tertiary/aromatic N) is 2. The van der Waals surface area contributed by atoms with Gasteiger partial charge < -0.3 is 19.3 Å². The number of ether oxygens (including phenoxy) is 2. The van der Waals surface area contributed by atoms with Gasteiger partial charge in [-0.15, -0.1) is 11.8 Å². The minimum atomic E-state index is -0.385. The average Bonchev–Trinajstić information content (AvgIpc) is 3.21. The molecule has 7 heteroatoms. The fourth-order valence-corrected chi connectivity index (χ4v) is 5.45. The van der Waals surface area contributed by atoms with Crippen LogP contribution in [0.3, 0.4) is 0 Å². The number of carbonyl (C=O) groups is 2. The number of amides is 2. The minimum absolute atomic E-state index is 0.0850. The molecule has 0 N–H and O–H groups in total. The first-order valence-corrected chi connectivity index (χ1v) is 9.70. The zero-order chi connectivity index (χ0) is 17.6. The summed E-state index contributed by atoms with van der Waals surface area (Å²) in [6, 6.07) is 3.36. The molecule has 3 aliphatic heterocycles. The van der Waals surface area contributed by atoms with Crippen molar-refractivity contribution >= 4 is 23.6 Å². The van der Waals surface area contributed by atoms with E-state index < -0.39 is 0 Å². The van der Waals surface area contributed by atoms with Crippen LogP contribution in [0.2, 0.25) is 0 Å². The lowest BCUT2D eigenvalue weighted by Gasteiger charge is -2.32. The van der Waals surface area contributed by atoms with Crippen LogP contribution in [0.5, 0.6) is 11.5 Å². The molecule has 0 saturated carbocycles. The summed E-state index contributed by atoms with van der Waals surface area (Å²) >= 11 is 1.65. The van der Waals surface area contributed by atoms with E-state index in [1.54, 1.807) is 30.9 Å². The maximum absolute atomic E-state index is 13.1. The summed E-state index contributed by atoms with van der Waals surface area (Å²) in [5, 5.41) is -0.110. The largest absolute Gasteiger partial charge is 0.493 e. The van der Waals surface area contributed by atoms with E-state index in [0.29, 0.717) is 22.8 Å². The second-order valence-corrected chi connectivity index (χ2v) is 7.68. The molecule has 0 aromatic heterocycles. The normalized spacial score (nSPS) is 25.0. The van der Waals surface area contributed by atoms with Gasteiger partial charge in [-0.05, 0) is 25.3 Å². The van der Waals surface area contributed by atoms with Gasteiger partial charge in [0.1, 0.15) is 11.4 Å². The Bertz CT molecular complexity index is 717. The summed E-state index contributed by atoms with van der Waals surface area (Å²) in [4.78, 5) is 29.8. The van der Waals surface area contributed by atoms with Crippen LogP contribution in [0, 0.1) is 0 Å². The molecule has 4 rings (SSSR count). The highest BCUT2D eigenvalue weighted by Crippen LogP contribution is 2.52. The summed E-state index contributed by atoms with van der Waals surface area (Å²) in [6.07, 6.45) is 3.28. The average molecular weight is 362 g/mol. The topological polar surface area (TPSA) is 59.1 Å². The SMILES string of the molecule is COc1ccc2c(c1OC)C(=O)N1C(C(=O)N3CCCCC3)CSC21. The highest BCUT2D eigenvalue weighted by molar-refractivity contribution is 7.99. The Hall–Kier alpha value is -1.89. The second kappa shape index (κ2) is 6.44. The van der Waals surface area contributed by atoms with Gasteiger partial charge in [-0.3, -0.25) is 9.59 Å². The molecular weight excluding hydrogens is 340 g/mol. The highest BCUT2D eigenvalue weighted by atomic mass is 32.2. The highest BCUT2D eigenvalue weighted by Gasteiger charge is 2.51. The van der Waals surface area contributed by atoms with E-state index >= 15 is 0 Å². The van der Waals surface area contributed by atoms with Crippen LogP contribution >= 0.6 is 11.8 Å². The van der Waals surface area contributed by atoms with E-state index in [1.165, 1.54) is 6.42 Å². The van der Waals surface area contributed by atoms with Crippen molar-refractivity contribution in [2.75, 3.05) is 33.1 Å². The number of rotatable bonds is 3. The summed E-state index contributed by atoms with van der Waals surface area (Å²) in [5.74, 6) is 1.61. The van der Waals surface area contributed by atoms with Crippen molar-refractivity contribution in [2.45, 2.75) is 30.7 Å². The second-order valence-electron chi connectivity index (χ2n) is 6.57. The lowest BCUT2D eigenvalue weighted by atomic mass is 10.1. The lowest BCUT2D eigenvalue weighted by Crippen LogP contribution is -2.49. The molecule has 2 saturated heterocycles. The molecule has 6 nitrogen and oxygen atoms in total. The fraction of sp³-hybridized carbons (Fsp3) is 0.556. The molecular formula is C18H22N2O4S. The number of thioether (sulfide) groups is 1. The van der Waals surface area contributed by atoms with Gasteiger partial charge in [0.25, 0.3) is 5.91 Å². The molecule has 0 spiro atoms. The zero-order valence-electron chi connectivity index (χ0n) is 14.5.